The summed E-state index contributed by atoms with van der Waals surface area (Å²) in [4.78, 5) is 5.32. The number of rotatable bonds is 4. The van der Waals surface area contributed by atoms with Crippen molar-refractivity contribution in [2.45, 2.75) is 13.5 Å². The molecule has 2 rings (SSSR count). The van der Waals surface area contributed by atoms with Gasteiger partial charge in [-0.15, -0.1) is 0 Å². The van der Waals surface area contributed by atoms with Crippen molar-refractivity contribution in [1.29, 1.82) is 0 Å². The van der Waals surface area contributed by atoms with Crippen molar-refractivity contribution in [2.24, 2.45) is 5.16 Å². The first-order valence-electron chi connectivity index (χ1n) is 6.02. The van der Waals surface area contributed by atoms with E-state index in [0.29, 0.717) is 28.1 Å². The van der Waals surface area contributed by atoms with Crippen molar-refractivity contribution >= 4 is 34.6 Å². The Labute approximate surface area is 127 Å². The monoisotopic (exact) mass is 308 g/mol. The third kappa shape index (κ3) is 3.89. The largest absolute Gasteiger partial charge is 0.398 e. The summed E-state index contributed by atoms with van der Waals surface area (Å²) >= 11 is 11.8. The highest BCUT2D eigenvalue weighted by Gasteiger charge is 2.04. The van der Waals surface area contributed by atoms with Crippen LogP contribution in [0.3, 0.4) is 0 Å². The van der Waals surface area contributed by atoms with E-state index in [1.54, 1.807) is 18.2 Å². The highest BCUT2D eigenvalue weighted by atomic mass is 35.5. The maximum absolute atomic E-state index is 5.94. The van der Waals surface area contributed by atoms with E-state index < -0.39 is 0 Å². The van der Waals surface area contributed by atoms with Crippen LogP contribution in [0.4, 0.5) is 5.69 Å². The number of benzene rings is 2. The average Bonchev–Trinajstić information content (AvgIpc) is 2.41. The SMILES string of the molecule is C/C(=N\OCc1cccc(Cl)c1)c1cc(Cl)ccc1N. The fourth-order valence-electron chi connectivity index (χ4n) is 1.72. The molecule has 2 N–H and O–H groups in total. The molecule has 0 saturated carbocycles. The van der Waals surface area contributed by atoms with Crippen LogP contribution in [0, 0.1) is 0 Å². The molecule has 2 aromatic rings. The summed E-state index contributed by atoms with van der Waals surface area (Å²) in [6.45, 7) is 2.17. The Morgan fingerprint density at radius 2 is 1.90 bits per heavy atom. The van der Waals surface area contributed by atoms with Gasteiger partial charge in [0, 0.05) is 21.3 Å². The topological polar surface area (TPSA) is 47.6 Å². The quantitative estimate of drug-likeness (QED) is 0.513. The number of hydrogen-bond acceptors (Lipinski definition) is 3. The molecule has 104 valence electrons. The molecule has 0 bridgehead atoms. The second-order valence-electron chi connectivity index (χ2n) is 4.31. The Hall–Kier alpha value is -1.71. The standard InChI is InChI=1S/C15H14Cl2N2O/c1-10(14-8-13(17)5-6-15(14)18)19-20-9-11-3-2-4-12(16)7-11/h2-8H,9,18H2,1H3/b19-10+. The molecule has 0 aliphatic carbocycles. The van der Waals surface area contributed by atoms with Crippen LogP contribution in [0.1, 0.15) is 18.1 Å². The minimum absolute atomic E-state index is 0.346. The van der Waals surface area contributed by atoms with Crippen LogP contribution >= 0.6 is 23.2 Å². The van der Waals surface area contributed by atoms with Crippen molar-refractivity contribution in [3.8, 4) is 0 Å². The second-order valence-corrected chi connectivity index (χ2v) is 5.18. The molecular weight excluding hydrogens is 295 g/mol. The Morgan fingerprint density at radius 3 is 2.65 bits per heavy atom. The first kappa shape index (κ1) is 14.7. The minimum Gasteiger partial charge on any atom is -0.398 e. The summed E-state index contributed by atoms with van der Waals surface area (Å²) in [5, 5.41) is 5.34. The van der Waals surface area contributed by atoms with E-state index in [0.717, 1.165) is 11.1 Å². The summed E-state index contributed by atoms with van der Waals surface area (Å²) in [6, 6.07) is 12.7. The van der Waals surface area contributed by atoms with E-state index in [4.69, 9.17) is 33.8 Å². The van der Waals surface area contributed by atoms with Gasteiger partial charge in [0.15, 0.2) is 0 Å². The van der Waals surface area contributed by atoms with Crippen LogP contribution in [0.25, 0.3) is 0 Å². The number of oxime groups is 1. The molecule has 0 heterocycles. The van der Waals surface area contributed by atoms with Gasteiger partial charge in [0.2, 0.25) is 0 Å². The van der Waals surface area contributed by atoms with Gasteiger partial charge >= 0.3 is 0 Å². The highest BCUT2D eigenvalue weighted by Crippen LogP contribution is 2.19. The number of hydrogen-bond donors (Lipinski definition) is 1. The summed E-state index contributed by atoms with van der Waals surface area (Å²) < 4.78 is 0. The molecule has 0 fully saturated rings. The molecule has 0 atom stereocenters. The van der Waals surface area contributed by atoms with Crippen LogP contribution in [-0.2, 0) is 11.4 Å². The fraction of sp³-hybridized carbons (Fsp3) is 0.133. The Morgan fingerprint density at radius 1 is 1.15 bits per heavy atom. The highest BCUT2D eigenvalue weighted by molar-refractivity contribution is 6.31. The van der Waals surface area contributed by atoms with E-state index in [1.165, 1.54) is 0 Å². The van der Waals surface area contributed by atoms with Gasteiger partial charge < -0.3 is 10.6 Å². The zero-order chi connectivity index (χ0) is 14.5. The molecule has 0 aliphatic rings. The van der Waals surface area contributed by atoms with Crippen LogP contribution in [0.5, 0.6) is 0 Å². The molecular formula is C15H14Cl2N2O. The predicted molar refractivity (Wildman–Crippen MR) is 84.3 cm³/mol. The minimum atomic E-state index is 0.346. The van der Waals surface area contributed by atoms with Crippen LogP contribution in [-0.4, -0.2) is 5.71 Å². The molecule has 3 nitrogen and oxygen atoms in total. The molecule has 0 saturated heterocycles. The molecule has 0 amide bonds. The lowest BCUT2D eigenvalue weighted by Crippen LogP contribution is -2.02. The van der Waals surface area contributed by atoms with Crippen molar-refractivity contribution in [3.63, 3.8) is 0 Å². The number of halogens is 2. The fourth-order valence-corrected chi connectivity index (χ4v) is 2.11. The smallest absolute Gasteiger partial charge is 0.142 e. The summed E-state index contributed by atoms with van der Waals surface area (Å²) in [6.07, 6.45) is 0. The maximum Gasteiger partial charge on any atom is 0.142 e. The van der Waals surface area contributed by atoms with E-state index in [2.05, 4.69) is 5.16 Å². The number of anilines is 1. The average molecular weight is 309 g/mol. The number of nitrogens with zero attached hydrogens (tertiary/aromatic N) is 1. The zero-order valence-electron chi connectivity index (χ0n) is 10.9. The Bertz CT molecular complexity index is 642. The van der Waals surface area contributed by atoms with Gasteiger partial charge in [-0.3, -0.25) is 0 Å². The van der Waals surface area contributed by atoms with Gasteiger partial charge in [-0.1, -0.05) is 40.5 Å². The molecule has 0 spiro atoms. The van der Waals surface area contributed by atoms with Gasteiger partial charge in [0.25, 0.3) is 0 Å². The molecule has 5 heteroatoms. The van der Waals surface area contributed by atoms with Crippen LogP contribution in [0.2, 0.25) is 10.0 Å². The predicted octanol–water partition coefficient (Wildman–Crippen LogP) is 4.52. The Kier molecular flexibility index (Phi) is 4.88. The number of nitrogens with two attached hydrogens (primary N) is 1. The maximum atomic E-state index is 5.94. The third-order valence-electron chi connectivity index (χ3n) is 2.73. The lowest BCUT2D eigenvalue weighted by atomic mass is 10.1. The Balaban J connectivity index is 2.06. The van der Waals surface area contributed by atoms with Gasteiger partial charge in [0.05, 0.1) is 5.71 Å². The van der Waals surface area contributed by atoms with Gasteiger partial charge in [0.1, 0.15) is 6.61 Å². The molecule has 0 radical (unpaired) electrons. The first-order chi connectivity index (χ1) is 9.56. The number of nitrogen functional groups attached to an aromatic ring is 1. The lowest BCUT2D eigenvalue weighted by molar-refractivity contribution is 0.130. The van der Waals surface area contributed by atoms with Crippen molar-refractivity contribution in [1.82, 2.24) is 0 Å². The van der Waals surface area contributed by atoms with E-state index >= 15 is 0 Å². The van der Waals surface area contributed by atoms with Crippen LogP contribution < -0.4 is 5.73 Å². The van der Waals surface area contributed by atoms with E-state index in [1.807, 2.05) is 31.2 Å². The molecule has 0 aromatic heterocycles. The van der Waals surface area contributed by atoms with E-state index in [9.17, 15) is 0 Å². The first-order valence-corrected chi connectivity index (χ1v) is 6.78. The molecule has 20 heavy (non-hydrogen) atoms. The summed E-state index contributed by atoms with van der Waals surface area (Å²) in [5.74, 6) is 0. The molecule has 0 unspecified atom stereocenters. The molecule has 2 aromatic carbocycles. The molecule has 0 aliphatic heterocycles. The second kappa shape index (κ2) is 6.64. The van der Waals surface area contributed by atoms with Crippen LogP contribution in [0.15, 0.2) is 47.6 Å². The van der Waals surface area contributed by atoms with Crippen molar-refractivity contribution in [2.75, 3.05) is 5.73 Å². The summed E-state index contributed by atoms with van der Waals surface area (Å²) in [5.41, 5.74) is 8.89. The van der Waals surface area contributed by atoms with Gasteiger partial charge in [-0.2, -0.15) is 0 Å². The lowest BCUT2D eigenvalue weighted by Gasteiger charge is -2.06. The zero-order valence-corrected chi connectivity index (χ0v) is 12.4. The van der Waals surface area contributed by atoms with Gasteiger partial charge in [-0.25, -0.2) is 0 Å². The van der Waals surface area contributed by atoms with E-state index in [-0.39, 0.29) is 0 Å². The summed E-state index contributed by atoms with van der Waals surface area (Å²) in [7, 11) is 0. The normalized spacial score (nSPS) is 11.4. The van der Waals surface area contributed by atoms with Crippen molar-refractivity contribution in [3.05, 3.63) is 63.6 Å². The van der Waals surface area contributed by atoms with Crippen molar-refractivity contribution < 1.29 is 4.84 Å². The van der Waals surface area contributed by atoms with Gasteiger partial charge in [-0.05, 0) is 42.8 Å². The third-order valence-corrected chi connectivity index (χ3v) is 3.20.